The Kier molecular flexibility index (Phi) is 6.81. The quantitative estimate of drug-likeness (QED) is 0.481. The zero-order chi connectivity index (χ0) is 22.4. The highest BCUT2D eigenvalue weighted by Crippen LogP contribution is 2.22. The van der Waals surface area contributed by atoms with Crippen LogP contribution in [0.1, 0.15) is 21.5 Å². The monoisotopic (exact) mass is 441 g/mol. The molecule has 3 aromatic rings. The van der Waals surface area contributed by atoms with Gasteiger partial charge in [0, 0.05) is 5.69 Å². The lowest BCUT2D eigenvalue weighted by Crippen LogP contribution is -2.14. The van der Waals surface area contributed by atoms with Crippen LogP contribution in [-0.2, 0) is 10.0 Å². The third kappa shape index (κ3) is 5.99. The summed E-state index contributed by atoms with van der Waals surface area (Å²) in [5.74, 6) is 0.124. The van der Waals surface area contributed by atoms with Gasteiger partial charge in [-0.25, -0.2) is 13.2 Å². The predicted molar refractivity (Wildman–Crippen MR) is 118 cm³/mol. The number of carbonyl (C=O) groups is 1. The van der Waals surface area contributed by atoms with Gasteiger partial charge in [-0.05, 0) is 74.0 Å². The third-order valence-electron chi connectivity index (χ3n) is 4.45. The van der Waals surface area contributed by atoms with Gasteiger partial charge in [-0.1, -0.05) is 17.7 Å². The average molecular weight is 442 g/mol. The van der Waals surface area contributed by atoms with Crippen molar-refractivity contribution in [1.82, 2.24) is 0 Å². The first-order valence-electron chi connectivity index (χ1n) is 9.54. The van der Waals surface area contributed by atoms with Crippen molar-refractivity contribution in [2.24, 2.45) is 0 Å². The van der Waals surface area contributed by atoms with E-state index in [4.69, 9.17) is 14.6 Å². The van der Waals surface area contributed by atoms with Gasteiger partial charge in [-0.15, -0.1) is 0 Å². The lowest BCUT2D eigenvalue weighted by molar-refractivity contribution is 0.0697. The van der Waals surface area contributed by atoms with Gasteiger partial charge in [-0.2, -0.15) is 0 Å². The molecule has 0 aliphatic carbocycles. The second-order valence-electron chi connectivity index (χ2n) is 6.93. The number of sulfonamides is 1. The molecule has 0 spiro atoms. The Hall–Kier alpha value is -3.52. The summed E-state index contributed by atoms with van der Waals surface area (Å²) >= 11 is 0. The molecule has 0 radical (unpaired) electrons. The predicted octanol–water partition coefficient (Wildman–Crippen LogP) is 4.26. The molecular formula is C23H23NO6S. The summed E-state index contributed by atoms with van der Waals surface area (Å²) in [5.41, 5.74) is 2.31. The van der Waals surface area contributed by atoms with Gasteiger partial charge in [0.15, 0.2) is 0 Å². The minimum Gasteiger partial charge on any atom is -0.490 e. The number of benzene rings is 3. The molecule has 31 heavy (non-hydrogen) atoms. The number of hydrogen-bond acceptors (Lipinski definition) is 5. The van der Waals surface area contributed by atoms with Crippen molar-refractivity contribution in [3.8, 4) is 11.5 Å². The number of carboxylic acid groups (broad SMARTS) is 1. The molecule has 7 nitrogen and oxygen atoms in total. The molecule has 0 heterocycles. The Bertz CT molecular complexity index is 1160. The second-order valence-corrected chi connectivity index (χ2v) is 8.58. The van der Waals surface area contributed by atoms with Gasteiger partial charge in [0.1, 0.15) is 24.7 Å². The molecule has 0 aromatic heterocycles. The van der Waals surface area contributed by atoms with Gasteiger partial charge >= 0.3 is 5.97 Å². The molecule has 0 bridgehead atoms. The average Bonchev–Trinajstić information content (AvgIpc) is 2.72. The highest BCUT2D eigenvalue weighted by molar-refractivity contribution is 7.92. The smallest absolute Gasteiger partial charge is 0.335 e. The molecule has 3 aromatic carbocycles. The van der Waals surface area contributed by atoms with E-state index in [1.54, 1.807) is 55.5 Å². The summed E-state index contributed by atoms with van der Waals surface area (Å²) in [7, 11) is -3.68. The van der Waals surface area contributed by atoms with Crippen LogP contribution in [0.15, 0.2) is 71.6 Å². The summed E-state index contributed by atoms with van der Waals surface area (Å²) in [6, 6.07) is 17.9. The highest BCUT2D eigenvalue weighted by atomic mass is 32.2. The van der Waals surface area contributed by atoms with Crippen LogP contribution < -0.4 is 14.2 Å². The van der Waals surface area contributed by atoms with Crippen molar-refractivity contribution in [2.75, 3.05) is 17.9 Å². The molecule has 3 rings (SSSR count). The van der Waals surface area contributed by atoms with Crippen molar-refractivity contribution in [3.63, 3.8) is 0 Å². The van der Waals surface area contributed by atoms with Gasteiger partial charge in [0.25, 0.3) is 10.0 Å². The largest absolute Gasteiger partial charge is 0.490 e. The molecule has 8 heteroatoms. The van der Waals surface area contributed by atoms with Crippen LogP contribution in [0, 0.1) is 13.8 Å². The molecule has 162 valence electrons. The number of carboxylic acids is 1. The first-order chi connectivity index (χ1) is 14.7. The molecule has 0 atom stereocenters. The van der Waals surface area contributed by atoms with Crippen LogP contribution in [0.3, 0.4) is 0 Å². The number of aryl methyl sites for hydroxylation is 2. The first kappa shape index (κ1) is 22.2. The Balaban J connectivity index is 1.51. The van der Waals surface area contributed by atoms with Crippen molar-refractivity contribution < 1.29 is 27.8 Å². The van der Waals surface area contributed by atoms with Crippen molar-refractivity contribution in [3.05, 3.63) is 83.4 Å². The van der Waals surface area contributed by atoms with Crippen LogP contribution >= 0.6 is 0 Å². The number of hydrogen-bond donors (Lipinski definition) is 2. The second kappa shape index (κ2) is 9.53. The zero-order valence-corrected chi connectivity index (χ0v) is 18.0. The standard InChI is InChI=1S/C23H23NO6S/c1-16-3-12-22(17(2)15-16)31(27,28)24-19-6-10-21(11-7-19)30-14-13-29-20-8-4-18(5-9-20)23(25)26/h3-12,15,24H,13-14H2,1-2H3,(H,25,26). The molecule has 0 amide bonds. The Morgan fingerprint density at radius 2 is 1.42 bits per heavy atom. The summed E-state index contributed by atoms with van der Waals surface area (Å²) in [6.45, 7) is 4.22. The molecule has 0 aliphatic heterocycles. The number of rotatable bonds is 9. The van der Waals surface area contributed by atoms with Crippen molar-refractivity contribution in [1.29, 1.82) is 0 Å². The van der Waals surface area contributed by atoms with E-state index in [0.29, 0.717) is 22.7 Å². The molecule has 2 N–H and O–H groups in total. The fourth-order valence-electron chi connectivity index (χ4n) is 2.94. The normalized spacial score (nSPS) is 11.0. The van der Waals surface area contributed by atoms with E-state index < -0.39 is 16.0 Å². The maximum Gasteiger partial charge on any atom is 0.335 e. The van der Waals surface area contributed by atoms with Crippen LogP contribution in [-0.4, -0.2) is 32.7 Å². The zero-order valence-electron chi connectivity index (χ0n) is 17.2. The number of nitrogens with one attached hydrogen (secondary N) is 1. The molecule has 0 fully saturated rings. The van der Waals surface area contributed by atoms with Gasteiger partial charge < -0.3 is 14.6 Å². The van der Waals surface area contributed by atoms with Gasteiger partial charge in [0.05, 0.1) is 10.5 Å². The third-order valence-corrected chi connectivity index (χ3v) is 5.99. The number of aromatic carboxylic acids is 1. The van der Waals surface area contributed by atoms with E-state index in [-0.39, 0.29) is 23.7 Å². The SMILES string of the molecule is Cc1ccc(S(=O)(=O)Nc2ccc(OCCOc3ccc(C(=O)O)cc3)cc2)c(C)c1. The summed E-state index contributed by atoms with van der Waals surface area (Å²) in [6.07, 6.45) is 0. The number of ether oxygens (including phenoxy) is 2. The summed E-state index contributed by atoms with van der Waals surface area (Å²) in [5, 5.41) is 8.88. The highest BCUT2D eigenvalue weighted by Gasteiger charge is 2.16. The lowest BCUT2D eigenvalue weighted by Gasteiger charge is -2.12. The van der Waals surface area contributed by atoms with E-state index in [0.717, 1.165) is 5.56 Å². The topological polar surface area (TPSA) is 102 Å². The minimum atomic E-state index is -3.68. The van der Waals surface area contributed by atoms with E-state index in [9.17, 15) is 13.2 Å². The number of anilines is 1. The molecule has 0 saturated carbocycles. The van der Waals surface area contributed by atoms with Crippen LogP contribution in [0.4, 0.5) is 5.69 Å². The molecular weight excluding hydrogens is 418 g/mol. The van der Waals surface area contributed by atoms with E-state index in [2.05, 4.69) is 4.72 Å². The Morgan fingerprint density at radius 3 is 1.94 bits per heavy atom. The Morgan fingerprint density at radius 1 is 0.871 bits per heavy atom. The van der Waals surface area contributed by atoms with Gasteiger partial charge in [-0.3, -0.25) is 4.72 Å². The van der Waals surface area contributed by atoms with E-state index in [1.165, 1.54) is 12.1 Å². The van der Waals surface area contributed by atoms with E-state index in [1.807, 2.05) is 13.0 Å². The fraction of sp³-hybridized carbons (Fsp3) is 0.174. The maximum atomic E-state index is 12.6. The van der Waals surface area contributed by atoms with Crippen molar-refractivity contribution >= 4 is 21.7 Å². The van der Waals surface area contributed by atoms with Crippen LogP contribution in [0.2, 0.25) is 0 Å². The molecule has 0 saturated heterocycles. The van der Waals surface area contributed by atoms with E-state index >= 15 is 0 Å². The summed E-state index contributed by atoms with van der Waals surface area (Å²) < 4.78 is 38.9. The summed E-state index contributed by atoms with van der Waals surface area (Å²) in [4.78, 5) is 11.1. The van der Waals surface area contributed by atoms with Crippen molar-refractivity contribution in [2.45, 2.75) is 18.7 Å². The lowest BCUT2D eigenvalue weighted by atomic mass is 10.2. The van der Waals surface area contributed by atoms with Crippen LogP contribution in [0.25, 0.3) is 0 Å². The first-order valence-corrected chi connectivity index (χ1v) is 11.0. The maximum absolute atomic E-state index is 12.6. The fourth-order valence-corrected chi connectivity index (χ4v) is 4.23. The molecule has 0 aliphatic rings. The molecule has 0 unspecified atom stereocenters. The minimum absolute atomic E-state index is 0.192. The van der Waals surface area contributed by atoms with Gasteiger partial charge in [0.2, 0.25) is 0 Å². The van der Waals surface area contributed by atoms with Crippen LogP contribution in [0.5, 0.6) is 11.5 Å². The Labute approximate surface area is 181 Å².